The van der Waals surface area contributed by atoms with Crippen LogP contribution in [0.5, 0.6) is 0 Å². The van der Waals surface area contributed by atoms with Crippen LogP contribution < -0.4 is 5.32 Å². The molecule has 0 bridgehead atoms. The van der Waals surface area contributed by atoms with Gasteiger partial charge in [0.05, 0.1) is 13.2 Å². The molecule has 114 valence electrons. The van der Waals surface area contributed by atoms with E-state index >= 15 is 0 Å². The molecule has 0 aliphatic carbocycles. The smallest absolute Gasteiger partial charge is 0.265 e. The third-order valence-corrected chi connectivity index (χ3v) is 3.42. The van der Waals surface area contributed by atoms with Crippen LogP contribution in [0, 0.1) is 11.8 Å². The third-order valence-electron chi connectivity index (χ3n) is 2.52. The van der Waals surface area contributed by atoms with Crippen LogP contribution >= 0.6 is 11.3 Å². The Labute approximate surface area is 127 Å². The molecule has 1 rings (SSSR count). The van der Waals surface area contributed by atoms with Crippen molar-refractivity contribution in [3.05, 3.63) is 21.9 Å². The molecule has 2 N–H and O–H groups in total. The fourth-order valence-corrected chi connectivity index (χ4v) is 2.36. The highest BCUT2D eigenvalue weighted by Crippen LogP contribution is 2.17. The zero-order valence-electron chi connectivity index (χ0n) is 12.0. The van der Waals surface area contributed by atoms with Gasteiger partial charge < -0.3 is 20.1 Å². The molecule has 0 unspecified atom stereocenters. The number of nitrogens with zero attached hydrogens (tertiary/aromatic N) is 1. The first kappa shape index (κ1) is 17.2. The second kappa shape index (κ2) is 9.13. The largest absolute Gasteiger partial charge is 0.384 e. The minimum absolute atomic E-state index is 0.0344. The van der Waals surface area contributed by atoms with Crippen molar-refractivity contribution < 1.29 is 19.4 Å². The van der Waals surface area contributed by atoms with Gasteiger partial charge in [-0.1, -0.05) is 11.8 Å². The Morgan fingerprint density at radius 3 is 2.95 bits per heavy atom. The minimum atomic E-state index is -0.269. The summed E-state index contributed by atoms with van der Waals surface area (Å²) >= 11 is 1.26. The summed E-state index contributed by atoms with van der Waals surface area (Å²) in [6.45, 7) is 0.535. The number of aliphatic hydroxyl groups is 1. The number of likely N-dealkylation sites (N-methyl/N-ethyl adjacent to an activating group) is 1. The molecule has 2 amide bonds. The van der Waals surface area contributed by atoms with Crippen LogP contribution in [0.3, 0.4) is 0 Å². The van der Waals surface area contributed by atoms with Crippen molar-refractivity contribution in [3.63, 3.8) is 0 Å². The monoisotopic (exact) mass is 310 g/mol. The average Bonchev–Trinajstić information content (AvgIpc) is 2.92. The van der Waals surface area contributed by atoms with Crippen LogP contribution in [0.25, 0.3) is 0 Å². The molecule has 6 nitrogen and oxygen atoms in total. The van der Waals surface area contributed by atoms with E-state index in [1.807, 2.05) is 0 Å². The number of nitrogens with one attached hydrogen (secondary N) is 1. The van der Waals surface area contributed by atoms with Gasteiger partial charge in [-0.2, -0.15) is 0 Å². The zero-order valence-corrected chi connectivity index (χ0v) is 12.8. The Hall–Kier alpha value is -1.88. The van der Waals surface area contributed by atoms with Crippen molar-refractivity contribution in [2.75, 3.05) is 40.5 Å². The van der Waals surface area contributed by atoms with Gasteiger partial charge in [0.1, 0.15) is 11.5 Å². The molecular weight excluding hydrogens is 292 g/mol. The van der Waals surface area contributed by atoms with Crippen LogP contribution in [0.15, 0.2) is 11.4 Å². The standard InChI is InChI=1S/C14H18N2O4S/c1-16(10-12(18)15-6-8-20-2)14(19)13-11(4-3-7-17)5-9-21-13/h5,9,17H,6-8,10H2,1-2H3,(H,15,18). The molecule has 0 saturated heterocycles. The maximum Gasteiger partial charge on any atom is 0.265 e. The summed E-state index contributed by atoms with van der Waals surface area (Å²) in [6.07, 6.45) is 0. The number of thiophene rings is 1. The van der Waals surface area contributed by atoms with Crippen LogP contribution in [-0.2, 0) is 9.53 Å². The number of carbonyl (C=O) groups excluding carboxylic acids is 2. The number of ether oxygens (including phenoxy) is 1. The minimum Gasteiger partial charge on any atom is -0.384 e. The number of carbonyl (C=O) groups is 2. The maximum absolute atomic E-state index is 12.3. The lowest BCUT2D eigenvalue weighted by atomic mass is 10.2. The quantitative estimate of drug-likeness (QED) is 0.569. The molecule has 1 heterocycles. The van der Waals surface area contributed by atoms with Crippen LogP contribution in [0.1, 0.15) is 15.2 Å². The van der Waals surface area contributed by atoms with E-state index in [4.69, 9.17) is 9.84 Å². The van der Waals surface area contributed by atoms with Crippen molar-refractivity contribution in [1.82, 2.24) is 10.2 Å². The predicted octanol–water partition coefficient (Wildman–Crippen LogP) is -0.0735. The number of hydrogen-bond acceptors (Lipinski definition) is 5. The summed E-state index contributed by atoms with van der Waals surface area (Å²) in [4.78, 5) is 25.7. The van der Waals surface area contributed by atoms with E-state index in [1.54, 1.807) is 25.6 Å². The van der Waals surface area contributed by atoms with E-state index in [2.05, 4.69) is 17.2 Å². The van der Waals surface area contributed by atoms with Gasteiger partial charge in [0.15, 0.2) is 0 Å². The van der Waals surface area contributed by atoms with E-state index in [0.717, 1.165) is 0 Å². The Bertz CT molecular complexity index is 545. The van der Waals surface area contributed by atoms with E-state index in [1.165, 1.54) is 16.2 Å². The maximum atomic E-state index is 12.3. The van der Waals surface area contributed by atoms with E-state index in [-0.39, 0.29) is 25.0 Å². The van der Waals surface area contributed by atoms with Crippen molar-refractivity contribution in [2.24, 2.45) is 0 Å². The fourth-order valence-electron chi connectivity index (χ4n) is 1.52. The zero-order chi connectivity index (χ0) is 15.7. The van der Waals surface area contributed by atoms with E-state index in [9.17, 15) is 9.59 Å². The molecule has 0 saturated carbocycles. The Morgan fingerprint density at radius 1 is 1.52 bits per heavy atom. The highest BCUT2D eigenvalue weighted by atomic mass is 32.1. The van der Waals surface area contributed by atoms with Crippen molar-refractivity contribution in [2.45, 2.75) is 0 Å². The molecule has 21 heavy (non-hydrogen) atoms. The normalized spacial score (nSPS) is 9.67. The average molecular weight is 310 g/mol. The van der Waals surface area contributed by atoms with Crippen LogP contribution in [0.4, 0.5) is 0 Å². The van der Waals surface area contributed by atoms with Gasteiger partial charge >= 0.3 is 0 Å². The molecule has 0 radical (unpaired) electrons. The van der Waals surface area contributed by atoms with Gasteiger partial charge in [-0.05, 0) is 11.4 Å². The topological polar surface area (TPSA) is 78.9 Å². The van der Waals surface area contributed by atoms with Gasteiger partial charge in [-0.25, -0.2) is 0 Å². The highest BCUT2D eigenvalue weighted by Gasteiger charge is 2.18. The molecule has 0 fully saturated rings. The summed E-state index contributed by atoms with van der Waals surface area (Å²) in [5, 5.41) is 13.1. The van der Waals surface area contributed by atoms with Gasteiger partial charge in [-0.15, -0.1) is 11.3 Å². The molecule has 0 aromatic carbocycles. The Kier molecular flexibility index (Phi) is 7.46. The fraction of sp³-hybridized carbons (Fsp3) is 0.429. The molecular formula is C14H18N2O4S. The van der Waals surface area contributed by atoms with Gasteiger partial charge in [0.25, 0.3) is 5.91 Å². The first-order chi connectivity index (χ1) is 10.1. The van der Waals surface area contributed by atoms with Crippen molar-refractivity contribution in [3.8, 4) is 11.8 Å². The predicted molar refractivity (Wildman–Crippen MR) is 80.1 cm³/mol. The van der Waals surface area contributed by atoms with Crippen LogP contribution in [-0.4, -0.2) is 62.3 Å². The first-order valence-electron chi connectivity index (χ1n) is 6.28. The molecule has 1 aromatic heterocycles. The molecule has 0 aliphatic rings. The molecule has 1 aromatic rings. The first-order valence-corrected chi connectivity index (χ1v) is 7.16. The molecule has 7 heteroatoms. The van der Waals surface area contributed by atoms with Crippen molar-refractivity contribution in [1.29, 1.82) is 0 Å². The highest BCUT2D eigenvalue weighted by molar-refractivity contribution is 7.12. The van der Waals surface area contributed by atoms with Crippen molar-refractivity contribution >= 4 is 23.2 Å². The van der Waals surface area contributed by atoms with E-state index in [0.29, 0.717) is 23.6 Å². The second-order valence-electron chi connectivity index (χ2n) is 4.13. The summed E-state index contributed by atoms with van der Waals surface area (Å²) in [5.74, 6) is 4.71. The number of aliphatic hydroxyl groups excluding tert-OH is 1. The lowest BCUT2D eigenvalue weighted by molar-refractivity contribution is -0.121. The van der Waals surface area contributed by atoms with Crippen LogP contribution in [0.2, 0.25) is 0 Å². The third kappa shape index (κ3) is 5.55. The Morgan fingerprint density at radius 2 is 2.29 bits per heavy atom. The summed E-state index contributed by atoms with van der Waals surface area (Å²) in [7, 11) is 3.11. The lowest BCUT2D eigenvalue weighted by Crippen LogP contribution is -2.39. The molecule has 0 aliphatic heterocycles. The van der Waals surface area contributed by atoms with E-state index < -0.39 is 0 Å². The Balaban J connectivity index is 2.62. The van der Waals surface area contributed by atoms with Gasteiger partial charge in [0, 0.05) is 26.3 Å². The summed E-state index contributed by atoms with van der Waals surface area (Å²) in [6, 6.07) is 1.72. The molecule has 0 atom stereocenters. The number of methoxy groups -OCH3 is 1. The summed E-state index contributed by atoms with van der Waals surface area (Å²) in [5.41, 5.74) is 0.561. The SMILES string of the molecule is COCCNC(=O)CN(C)C(=O)c1sccc1C#CCO. The van der Waals surface area contributed by atoms with Gasteiger partial charge in [0.2, 0.25) is 5.91 Å². The molecule has 0 spiro atoms. The second-order valence-corrected chi connectivity index (χ2v) is 5.04. The number of amides is 2. The number of hydrogen-bond donors (Lipinski definition) is 2. The number of rotatable bonds is 6. The summed E-state index contributed by atoms with van der Waals surface area (Å²) < 4.78 is 4.83. The lowest BCUT2D eigenvalue weighted by Gasteiger charge is -2.16. The van der Waals surface area contributed by atoms with Gasteiger partial charge in [-0.3, -0.25) is 9.59 Å².